The van der Waals surface area contributed by atoms with Crippen LogP contribution in [0.4, 0.5) is 0 Å². The summed E-state index contributed by atoms with van der Waals surface area (Å²) in [5.74, 6) is 1.03. The predicted molar refractivity (Wildman–Crippen MR) is 38.5 cm³/mol. The summed E-state index contributed by atoms with van der Waals surface area (Å²) in [7, 11) is 0. The Morgan fingerprint density at radius 1 is 1.67 bits per heavy atom. The number of rotatable bonds is 3. The van der Waals surface area contributed by atoms with Crippen molar-refractivity contribution in [2.45, 2.75) is 6.42 Å². The Bertz CT molecular complexity index is 105. The Morgan fingerprint density at radius 2 is 2.56 bits per heavy atom. The van der Waals surface area contributed by atoms with E-state index < -0.39 is 0 Å². The summed E-state index contributed by atoms with van der Waals surface area (Å²) >= 11 is 1.78. The van der Waals surface area contributed by atoms with Gasteiger partial charge in [0.1, 0.15) is 0 Å². The molecule has 0 N–H and O–H groups in total. The number of nitrogens with zero attached hydrogens (tertiary/aromatic N) is 1. The quantitative estimate of drug-likeness (QED) is 0.595. The van der Waals surface area contributed by atoms with Gasteiger partial charge in [0, 0.05) is 12.7 Å². The highest BCUT2D eigenvalue weighted by Gasteiger charge is 2.01. The van der Waals surface area contributed by atoms with E-state index in [1.54, 1.807) is 11.8 Å². The van der Waals surface area contributed by atoms with Crippen LogP contribution in [0.25, 0.3) is 0 Å². The Morgan fingerprint density at radius 3 is 3.11 bits per heavy atom. The molecule has 0 atom stereocenters. The van der Waals surface area contributed by atoms with Crippen LogP contribution < -0.4 is 0 Å². The first kappa shape index (κ1) is 6.96. The van der Waals surface area contributed by atoms with Gasteiger partial charge in [-0.15, -0.1) is 11.8 Å². The highest BCUT2D eigenvalue weighted by atomic mass is 32.2. The molecule has 0 saturated carbocycles. The summed E-state index contributed by atoms with van der Waals surface area (Å²) in [5, 5.41) is 12.1. The van der Waals surface area contributed by atoms with Gasteiger partial charge in [0.2, 0.25) is 0 Å². The maximum atomic E-state index is 10.0. The average Bonchev–Trinajstić information content (AvgIpc) is 2.34. The monoisotopic (exact) mass is 144 g/mol. The van der Waals surface area contributed by atoms with Crippen molar-refractivity contribution in [3.8, 4) is 0 Å². The van der Waals surface area contributed by atoms with Crippen LogP contribution in [-0.4, -0.2) is 23.9 Å². The molecule has 1 rings (SSSR count). The molecule has 1 aliphatic rings. The number of hydrogen-bond donors (Lipinski definition) is 0. The van der Waals surface area contributed by atoms with E-state index in [1.807, 2.05) is 6.20 Å². The van der Waals surface area contributed by atoms with E-state index >= 15 is 0 Å². The van der Waals surface area contributed by atoms with Crippen LogP contribution in [0.2, 0.25) is 0 Å². The first-order valence-electron chi connectivity index (χ1n) is 3.04. The lowest BCUT2D eigenvalue weighted by atomic mass is 10.4. The van der Waals surface area contributed by atoms with Gasteiger partial charge in [0.25, 0.3) is 0 Å². The van der Waals surface area contributed by atoms with Gasteiger partial charge in [-0.3, -0.25) is 0 Å². The van der Waals surface area contributed by atoms with Crippen LogP contribution in [-0.2, 0) is 5.11 Å². The van der Waals surface area contributed by atoms with E-state index in [0.29, 0.717) is 0 Å². The van der Waals surface area contributed by atoms with Gasteiger partial charge in [-0.25, -0.2) is 5.11 Å². The van der Waals surface area contributed by atoms with E-state index in [0.717, 1.165) is 18.8 Å². The van der Waals surface area contributed by atoms with Gasteiger partial charge in [-0.1, -0.05) is 0 Å². The van der Waals surface area contributed by atoms with Crippen molar-refractivity contribution < 1.29 is 5.11 Å². The fraction of sp³-hybridized carbons (Fsp3) is 0.667. The number of hydrogen-bond acceptors (Lipinski definition) is 2. The third-order valence-corrected chi connectivity index (χ3v) is 1.99. The van der Waals surface area contributed by atoms with Gasteiger partial charge in [-0.05, 0) is 11.8 Å². The van der Waals surface area contributed by atoms with Crippen molar-refractivity contribution in [1.29, 1.82) is 0 Å². The molecular formula is C6H10NOS. The molecule has 0 aliphatic carbocycles. The molecule has 2 nitrogen and oxygen atoms in total. The first-order chi connectivity index (χ1) is 4.43. The van der Waals surface area contributed by atoms with Crippen molar-refractivity contribution in [2.75, 3.05) is 19.0 Å². The van der Waals surface area contributed by atoms with Gasteiger partial charge in [0.05, 0.1) is 12.5 Å². The molecule has 0 unspecified atom stereocenters. The molecule has 3 heteroatoms. The van der Waals surface area contributed by atoms with E-state index in [4.69, 9.17) is 0 Å². The fourth-order valence-corrected chi connectivity index (χ4v) is 1.47. The second kappa shape index (κ2) is 3.80. The van der Waals surface area contributed by atoms with E-state index in [9.17, 15) is 5.11 Å². The topological polar surface area (TPSA) is 23.1 Å². The molecule has 0 aromatic carbocycles. The normalized spacial score (nSPS) is 17.2. The minimum absolute atomic E-state index is 0.0506. The molecule has 0 spiro atoms. The highest BCUT2D eigenvalue weighted by Crippen LogP contribution is 2.14. The lowest BCUT2D eigenvalue weighted by molar-refractivity contribution is 0.180. The van der Waals surface area contributed by atoms with Crippen molar-refractivity contribution in [3.05, 3.63) is 11.6 Å². The maximum absolute atomic E-state index is 10.0. The minimum atomic E-state index is 0.0506. The van der Waals surface area contributed by atoms with E-state index in [-0.39, 0.29) is 6.61 Å². The van der Waals surface area contributed by atoms with Crippen LogP contribution in [0.15, 0.2) is 11.6 Å². The van der Waals surface area contributed by atoms with Gasteiger partial charge >= 0.3 is 0 Å². The summed E-state index contributed by atoms with van der Waals surface area (Å²) < 4.78 is 0. The Kier molecular flexibility index (Phi) is 2.94. The Labute approximate surface area is 59.5 Å². The van der Waals surface area contributed by atoms with Crippen molar-refractivity contribution in [3.63, 3.8) is 0 Å². The summed E-state index contributed by atoms with van der Waals surface area (Å²) in [5.41, 5.74) is 0. The van der Waals surface area contributed by atoms with Gasteiger partial charge < -0.3 is 4.90 Å². The van der Waals surface area contributed by atoms with Crippen LogP contribution in [0.3, 0.4) is 0 Å². The zero-order chi connectivity index (χ0) is 6.53. The molecule has 0 amide bonds. The molecule has 1 radical (unpaired) electrons. The molecule has 9 heavy (non-hydrogen) atoms. The van der Waals surface area contributed by atoms with Crippen molar-refractivity contribution in [1.82, 2.24) is 4.90 Å². The molecule has 51 valence electrons. The largest absolute Gasteiger partial charge is 0.367 e. The summed E-state index contributed by atoms with van der Waals surface area (Å²) in [4.78, 5) is 2.16. The first-order valence-corrected chi connectivity index (χ1v) is 4.09. The molecule has 0 bridgehead atoms. The fourth-order valence-electron chi connectivity index (χ4n) is 0.718. The molecule has 1 aliphatic heterocycles. The van der Waals surface area contributed by atoms with Crippen molar-refractivity contribution in [2.24, 2.45) is 0 Å². The molecule has 0 saturated heterocycles. The third kappa shape index (κ3) is 2.28. The molecule has 0 fully saturated rings. The zero-order valence-electron chi connectivity index (χ0n) is 5.25. The third-order valence-electron chi connectivity index (χ3n) is 1.20. The Hall–Kier alpha value is -0.150. The standard InChI is InChI=1S/C6H10NOS/c8-4-1-2-7-3-5-9-6-7/h3,5H,1-2,4,6H2. The summed E-state index contributed by atoms with van der Waals surface area (Å²) in [6.07, 6.45) is 2.81. The molecule has 0 aromatic rings. The molecular weight excluding hydrogens is 134 g/mol. The minimum Gasteiger partial charge on any atom is -0.367 e. The molecule has 1 heterocycles. The van der Waals surface area contributed by atoms with Gasteiger partial charge in [-0.2, -0.15) is 0 Å². The smallest absolute Gasteiger partial charge is 0.0839 e. The van der Waals surface area contributed by atoms with Crippen molar-refractivity contribution >= 4 is 11.8 Å². The average molecular weight is 144 g/mol. The highest BCUT2D eigenvalue weighted by molar-refractivity contribution is 8.02. The lowest BCUT2D eigenvalue weighted by Gasteiger charge is -2.11. The van der Waals surface area contributed by atoms with Crippen LogP contribution in [0.1, 0.15) is 6.42 Å². The Balaban J connectivity index is 2.05. The SMILES string of the molecule is [O]CCCN1C=CSC1. The predicted octanol–water partition coefficient (Wildman–Crippen LogP) is 1.28. The maximum Gasteiger partial charge on any atom is 0.0839 e. The molecule has 0 aromatic heterocycles. The van der Waals surface area contributed by atoms with Crippen LogP contribution in [0.5, 0.6) is 0 Å². The number of thioether (sulfide) groups is 1. The van der Waals surface area contributed by atoms with Gasteiger partial charge in [0.15, 0.2) is 0 Å². The van der Waals surface area contributed by atoms with E-state index in [1.165, 1.54) is 0 Å². The second-order valence-electron chi connectivity index (χ2n) is 1.95. The summed E-state index contributed by atoms with van der Waals surface area (Å²) in [6, 6.07) is 0. The summed E-state index contributed by atoms with van der Waals surface area (Å²) in [6.45, 7) is 0.974. The second-order valence-corrected chi connectivity index (χ2v) is 2.81. The van der Waals surface area contributed by atoms with E-state index in [2.05, 4.69) is 10.3 Å². The zero-order valence-corrected chi connectivity index (χ0v) is 6.06. The lowest BCUT2D eigenvalue weighted by Crippen LogP contribution is -2.15. The van der Waals surface area contributed by atoms with Crippen LogP contribution >= 0.6 is 11.8 Å². The van der Waals surface area contributed by atoms with Crippen LogP contribution in [0, 0.1) is 0 Å².